The number of nitrogens with one attached hydrogen (secondary N) is 1. The Bertz CT molecular complexity index is 993. The van der Waals surface area contributed by atoms with Gasteiger partial charge in [0.2, 0.25) is 0 Å². The lowest BCUT2D eigenvalue weighted by atomic mass is 10.1. The van der Waals surface area contributed by atoms with Crippen molar-refractivity contribution in [3.8, 4) is 11.4 Å². The Balaban J connectivity index is 1.67. The molecule has 0 spiro atoms. The third-order valence-electron chi connectivity index (χ3n) is 4.28. The SMILES string of the molecule is COCCn1c(SCc2ccccc2)nnc1-c1c[nH]c2ccccc12. The molecule has 0 amide bonds. The fraction of sp³-hybridized carbons (Fsp3) is 0.200. The first-order valence-electron chi connectivity index (χ1n) is 8.52. The van der Waals surface area contributed by atoms with Crippen LogP contribution in [0, 0.1) is 0 Å². The number of H-pyrrole nitrogens is 1. The van der Waals surface area contributed by atoms with E-state index in [0.717, 1.165) is 39.7 Å². The Labute approximate surface area is 156 Å². The molecule has 26 heavy (non-hydrogen) atoms. The van der Waals surface area contributed by atoms with Crippen molar-refractivity contribution in [2.75, 3.05) is 13.7 Å². The molecule has 5 nitrogen and oxygen atoms in total. The monoisotopic (exact) mass is 364 g/mol. The molecule has 0 aliphatic heterocycles. The summed E-state index contributed by atoms with van der Waals surface area (Å²) in [5.41, 5.74) is 3.44. The van der Waals surface area contributed by atoms with Crippen LogP contribution in [-0.2, 0) is 17.0 Å². The number of ether oxygens (including phenoxy) is 1. The summed E-state index contributed by atoms with van der Waals surface area (Å²) in [5.74, 6) is 1.73. The van der Waals surface area contributed by atoms with E-state index in [1.165, 1.54) is 5.56 Å². The molecule has 6 heteroatoms. The predicted molar refractivity (Wildman–Crippen MR) is 105 cm³/mol. The molecule has 0 aliphatic rings. The minimum Gasteiger partial charge on any atom is -0.383 e. The fourth-order valence-corrected chi connectivity index (χ4v) is 3.88. The van der Waals surface area contributed by atoms with Gasteiger partial charge in [-0.15, -0.1) is 10.2 Å². The van der Waals surface area contributed by atoms with Crippen molar-refractivity contribution >= 4 is 22.7 Å². The molecule has 4 aromatic rings. The largest absolute Gasteiger partial charge is 0.383 e. The van der Waals surface area contributed by atoms with Crippen LogP contribution in [0.4, 0.5) is 0 Å². The number of aromatic amines is 1. The molecule has 4 rings (SSSR count). The predicted octanol–water partition coefficient (Wildman–Crippen LogP) is 4.37. The molecular weight excluding hydrogens is 344 g/mol. The van der Waals surface area contributed by atoms with Crippen LogP contribution in [0.3, 0.4) is 0 Å². The van der Waals surface area contributed by atoms with Gasteiger partial charge in [-0.05, 0) is 11.6 Å². The smallest absolute Gasteiger partial charge is 0.191 e. The van der Waals surface area contributed by atoms with Crippen molar-refractivity contribution in [2.45, 2.75) is 17.5 Å². The van der Waals surface area contributed by atoms with E-state index < -0.39 is 0 Å². The number of hydrogen-bond donors (Lipinski definition) is 1. The Hall–Kier alpha value is -2.57. The molecule has 2 aromatic carbocycles. The van der Waals surface area contributed by atoms with Gasteiger partial charge in [0.15, 0.2) is 11.0 Å². The highest BCUT2D eigenvalue weighted by Gasteiger charge is 2.17. The maximum absolute atomic E-state index is 5.30. The second-order valence-electron chi connectivity index (χ2n) is 5.97. The van der Waals surface area contributed by atoms with Crippen molar-refractivity contribution in [2.24, 2.45) is 0 Å². The molecule has 0 aliphatic carbocycles. The number of benzene rings is 2. The van der Waals surface area contributed by atoms with Gasteiger partial charge < -0.3 is 9.72 Å². The van der Waals surface area contributed by atoms with Gasteiger partial charge in [-0.1, -0.05) is 60.3 Å². The van der Waals surface area contributed by atoms with Gasteiger partial charge in [0.25, 0.3) is 0 Å². The maximum Gasteiger partial charge on any atom is 0.191 e. The van der Waals surface area contributed by atoms with Gasteiger partial charge in [0.05, 0.1) is 13.2 Å². The average molecular weight is 364 g/mol. The summed E-state index contributed by atoms with van der Waals surface area (Å²) in [6, 6.07) is 18.6. The van der Waals surface area contributed by atoms with E-state index in [9.17, 15) is 0 Å². The standard InChI is InChI=1S/C20H20N4OS/c1-25-12-11-24-19(17-13-21-18-10-6-5-9-16(17)18)22-23-20(24)26-14-15-7-3-2-4-8-15/h2-10,13,21H,11-12,14H2,1H3. The van der Waals surface area contributed by atoms with Crippen LogP contribution in [0.1, 0.15) is 5.56 Å². The second-order valence-corrected chi connectivity index (χ2v) is 6.92. The number of para-hydroxylation sites is 1. The van der Waals surface area contributed by atoms with Gasteiger partial charge in [-0.25, -0.2) is 0 Å². The number of fused-ring (bicyclic) bond motifs is 1. The fourth-order valence-electron chi connectivity index (χ4n) is 2.96. The van der Waals surface area contributed by atoms with E-state index in [0.29, 0.717) is 6.61 Å². The molecule has 0 radical (unpaired) electrons. The van der Waals surface area contributed by atoms with Crippen LogP contribution in [-0.4, -0.2) is 33.5 Å². The lowest BCUT2D eigenvalue weighted by Gasteiger charge is -2.09. The Kier molecular flexibility index (Phi) is 5.04. The van der Waals surface area contributed by atoms with E-state index in [2.05, 4.69) is 56.1 Å². The molecule has 132 valence electrons. The summed E-state index contributed by atoms with van der Waals surface area (Å²) in [6.45, 7) is 1.34. The van der Waals surface area contributed by atoms with E-state index >= 15 is 0 Å². The normalized spacial score (nSPS) is 11.3. The van der Waals surface area contributed by atoms with Crippen molar-refractivity contribution in [3.05, 3.63) is 66.4 Å². The molecule has 0 saturated heterocycles. The molecule has 0 unspecified atom stereocenters. The highest BCUT2D eigenvalue weighted by atomic mass is 32.2. The summed E-state index contributed by atoms with van der Waals surface area (Å²) in [5, 5.41) is 11.0. The van der Waals surface area contributed by atoms with Crippen molar-refractivity contribution in [3.63, 3.8) is 0 Å². The quantitative estimate of drug-likeness (QED) is 0.495. The highest BCUT2D eigenvalue weighted by molar-refractivity contribution is 7.98. The summed E-state index contributed by atoms with van der Waals surface area (Å²) >= 11 is 1.70. The first kappa shape index (κ1) is 16.9. The zero-order chi connectivity index (χ0) is 17.8. The van der Waals surface area contributed by atoms with Crippen LogP contribution >= 0.6 is 11.8 Å². The number of nitrogens with zero attached hydrogens (tertiary/aromatic N) is 3. The van der Waals surface area contributed by atoms with Gasteiger partial charge in [0.1, 0.15) is 0 Å². The Morgan fingerprint density at radius 3 is 2.69 bits per heavy atom. The lowest BCUT2D eigenvalue weighted by Crippen LogP contribution is -2.07. The Morgan fingerprint density at radius 2 is 1.85 bits per heavy atom. The van der Waals surface area contributed by atoms with Gasteiger partial charge in [-0.3, -0.25) is 4.57 Å². The van der Waals surface area contributed by atoms with E-state index in [1.807, 2.05) is 24.4 Å². The first-order chi connectivity index (χ1) is 12.9. The van der Waals surface area contributed by atoms with E-state index in [1.54, 1.807) is 18.9 Å². The molecule has 2 aromatic heterocycles. The zero-order valence-corrected chi connectivity index (χ0v) is 15.4. The number of thioether (sulfide) groups is 1. The van der Waals surface area contributed by atoms with Crippen molar-refractivity contribution < 1.29 is 4.74 Å². The first-order valence-corrected chi connectivity index (χ1v) is 9.50. The molecule has 0 bridgehead atoms. The Morgan fingerprint density at radius 1 is 1.04 bits per heavy atom. The van der Waals surface area contributed by atoms with Crippen molar-refractivity contribution in [1.82, 2.24) is 19.7 Å². The van der Waals surface area contributed by atoms with Crippen LogP contribution in [0.15, 0.2) is 66.0 Å². The van der Waals surface area contributed by atoms with Crippen LogP contribution in [0.2, 0.25) is 0 Å². The third-order valence-corrected chi connectivity index (χ3v) is 5.31. The van der Waals surface area contributed by atoms with Crippen LogP contribution in [0.5, 0.6) is 0 Å². The summed E-state index contributed by atoms with van der Waals surface area (Å²) in [4.78, 5) is 3.32. The molecule has 0 saturated carbocycles. The second kappa shape index (κ2) is 7.76. The summed E-state index contributed by atoms with van der Waals surface area (Å²) in [7, 11) is 1.71. The molecule has 2 heterocycles. The number of rotatable bonds is 7. The van der Waals surface area contributed by atoms with Gasteiger partial charge >= 0.3 is 0 Å². The van der Waals surface area contributed by atoms with E-state index in [-0.39, 0.29) is 0 Å². The maximum atomic E-state index is 5.30. The molecular formula is C20H20N4OS. The molecule has 0 atom stereocenters. The van der Waals surface area contributed by atoms with Crippen molar-refractivity contribution in [1.29, 1.82) is 0 Å². The number of aromatic nitrogens is 4. The van der Waals surface area contributed by atoms with Crippen LogP contribution < -0.4 is 0 Å². The zero-order valence-electron chi connectivity index (χ0n) is 14.6. The highest BCUT2D eigenvalue weighted by Crippen LogP contribution is 2.30. The lowest BCUT2D eigenvalue weighted by molar-refractivity contribution is 0.185. The third kappa shape index (κ3) is 3.38. The minimum atomic E-state index is 0.617. The molecule has 1 N–H and O–H groups in total. The summed E-state index contributed by atoms with van der Waals surface area (Å²) < 4.78 is 7.44. The number of methoxy groups -OCH3 is 1. The summed E-state index contributed by atoms with van der Waals surface area (Å²) in [6.07, 6.45) is 2.00. The topological polar surface area (TPSA) is 55.7 Å². The minimum absolute atomic E-state index is 0.617. The van der Waals surface area contributed by atoms with Crippen LogP contribution in [0.25, 0.3) is 22.3 Å². The number of hydrogen-bond acceptors (Lipinski definition) is 4. The van der Waals surface area contributed by atoms with E-state index in [4.69, 9.17) is 4.74 Å². The molecule has 0 fully saturated rings. The van der Waals surface area contributed by atoms with Gasteiger partial charge in [-0.2, -0.15) is 0 Å². The average Bonchev–Trinajstić information content (AvgIpc) is 3.29. The van der Waals surface area contributed by atoms with Gasteiger partial charge in [0, 0.05) is 35.5 Å².